The lowest BCUT2D eigenvalue weighted by atomic mass is 9.74. The Hall–Kier alpha value is -0.0400. The zero-order valence-corrected chi connectivity index (χ0v) is 8.05. The number of piperidine rings is 1. The Morgan fingerprint density at radius 1 is 1.17 bits per heavy atom. The van der Waals surface area contributed by atoms with Crippen LogP contribution in [0.25, 0.3) is 0 Å². The van der Waals surface area contributed by atoms with Gasteiger partial charge in [0.1, 0.15) is 0 Å². The summed E-state index contributed by atoms with van der Waals surface area (Å²) in [4.78, 5) is 2.50. The highest BCUT2D eigenvalue weighted by atomic mass is 15.1. The van der Waals surface area contributed by atoms with E-state index in [-0.39, 0.29) is 0 Å². The van der Waals surface area contributed by atoms with E-state index in [2.05, 4.69) is 11.9 Å². The second kappa shape index (κ2) is 2.25. The first-order valence-electron chi connectivity index (χ1n) is 5.49. The third kappa shape index (κ3) is 0.891. The highest BCUT2D eigenvalue weighted by molar-refractivity contribution is 5.07. The topological polar surface area (TPSA) is 3.24 Å². The summed E-state index contributed by atoms with van der Waals surface area (Å²) in [5.41, 5.74) is 0.844. The Labute approximate surface area is 75.1 Å². The normalized spacial score (nSPS) is 44.8. The summed E-state index contributed by atoms with van der Waals surface area (Å²) in [7, 11) is 2.27. The van der Waals surface area contributed by atoms with E-state index < -0.39 is 0 Å². The van der Waals surface area contributed by atoms with Gasteiger partial charge in [0.15, 0.2) is 0 Å². The monoisotopic (exact) mass is 165 g/mol. The molecule has 0 aromatic carbocycles. The lowest BCUT2D eigenvalue weighted by molar-refractivity contribution is 0.106. The summed E-state index contributed by atoms with van der Waals surface area (Å²) < 4.78 is 0. The van der Waals surface area contributed by atoms with Crippen molar-refractivity contribution in [2.24, 2.45) is 17.3 Å². The Morgan fingerprint density at radius 2 is 1.92 bits per heavy atom. The molecule has 0 bridgehead atoms. The number of nitrogens with zero attached hydrogens (tertiary/aromatic N) is 1. The molecule has 1 heteroatoms. The van der Waals surface area contributed by atoms with Crippen molar-refractivity contribution >= 4 is 0 Å². The van der Waals surface area contributed by atoms with Crippen molar-refractivity contribution in [3.8, 4) is 0 Å². The van der Waals surface area contributed by atoms with Crippen LogP contribution < -0.4 is 0 Å². The molecule has 12 heavy (non-hydrogen) atoms. The molecule has 2 atom stereocenters. The van der Waals surface area contributed by atoms with Gasteiger partial charge >= 0.3 is 0 Å². The van der Waals surface area contributed by atoms with Gasteiger partial charge in [-0.3, -0.25) is 0 Å². The number of hydrogen-bond donors (Lipinski definition) is 0. The van der Waals surface area contributed by atoms with Crippen molar-refractivity contribution in [1.29, 1.82) is 0 Å². The molecular formula is C11H19N. The summed E-state index contributed by atoms with van der Waals surface area (Å²) in [6.07, 6.45) is 7.73. The third-order valence-corrected chi connectivity index (χ3v) is 4.71. The van der Waals surface area contributed by atoms with Crippen molar-refractivity contribution in [3.05, 3.63) is 0 Å². The molecule has 1 heterocycles. The van der Waals surface area contributed by atoms with Gasteiger partial charge in [-0.1, -0.05) is 0 Å². The molecule has 0 aromatic heterocycles. The molecule has 1 nitrogen and oxygen atoms in total. The van der Waals surface area contributed by atoms with Crippen LogP contribution in [-0.2, 0) is 0 Å². The van der Waals surface area contributed by atoms with E-state index in [0.29, 0.717) is 0 Å². The largest absolute Gasteiger partial charge is 0.306 e. The smallest absolute Gasteiger partial charge is 0.00164 e. The van der Waals surface area contributed by atoms with Crippen LogP contribution in [0.15, 0.2) is 0 Å². The molecule has 3 rings (SSSR count). The standard InChI is InChI=1S/C11H19N/c1-12-6-4-11(5-7-12)3-2-9-8-10(9)11/h9-10H,2-8H2,1H3/t9?,10-/m0/s1. The van der Waals surface area contributed by atoms with Crippen LogP contribution in [0.3, 0.4) is 0 Å². The fourth-order valence-electron chi connectivity index (χ4n) is 3.66. The van der Waals surface area contributed by atoms with Crippen LogP contribution in [0, 0.1) is 17.3 Å². The maximum atomic E-state index is 2.50. The van der Waals surface area contributed by atoms with Gasteiger partial charge in [0, 0.05) is 0 Å². The minimum atomic E-state index is 0.844. The van der Waals surface area contributed by atoms with Gasteiger partial charge in [-0.25, -0.2) is 0 Å². The number of fused-ring (bicyclic) bond motifs is 2. The summed E-state index contributed by atoms with van der Waals surface area (Å²) in [5.74, 6) is 2.35. The highest BCUT2D eigenvalue weighted by Gasteiger charge is 2.57. The van der Waals surface area contributed by atoms with E-state index in [4.69, 9.17) is 0 Å². The molecule has 0 radical (unpaired) electrons. The zero-order chi connectivity index (χ0) is 8.18. The lowest BCUT2D eigenvalue weighted by Gasteiger charge is -2.39. The molecule has 1 spiro atoms. The number of likely N-dealkylation sites (tertiary alicyclic amines) is 1. The summed E-state index contributed by atoms with van der Waals surface area (Å²) in [6.45, 7) is 2.73. The predicted molar refractivity (Wildman–Crippen MR) is 50.0 cm³/mol. The maximum absolute atomic E-state index is 2.50. The first-order valence-corrected chi connectivity index (χ1v) is 5.49. The summed E-state index contributed by atoms with van der Waals surface area (Å²) >= 11 is 0. The third-order valence-electron chi connectivity index (χ3n) is 4.71. The van der Waals surface area contributed by atoms with Crippen LogP contribution in [0.5, 0.6) is 0 Å². The molecule has 0 N–H and O–H groups in total. The molecule has 68 valence electrons. The van der Waals surface area contributed by atoms with Gasteiger partial charge in [0.05, 0.1) is 0 Å². The van der Waals surface area contributed by atoms with E-state index in [0.717, 1.165) is 5.41 Å². The fourth-order valence-corrected chi connectivity index (χ4v) is 3.66. The van der Waals surface area contributed by atoms with Crippen LogP contribution in [0.4, 0.5) is 0 Å². The van der Waals surface area contributed by atoms with E-state index in [1.165, 1.54) is 37.8 Å². The van der Waals surface area contributed by atoms with Crippen LogP contribution in [-0.4, -0.2) is 25.0 Å². The molecule has 0 amide bonds. The van der Waals surface area contributed by atoms with Gasteiger partial charge in [-0.2, -0.15) is 0 Å². The minimum absolute atomic E-state index is 0.844. The van der Waals surface area contributed by atoms with Crippen molar-refractivity contribution in [2.45, 2.75) is 32.1 Å². The van der Waals surface area contributed by atoms with Crippen LogP contribution in [0.2, 0.25) is 0 Å². The zero-order valence-electron chi connectivity index (χ0n) is 8.05. The number of hydrogen-bond acceptors (Lipinski definition) is 1. The highest BCUT2D eigenvalue weighted by Crippen LogP contribution is 2.65. The Bertz CT molecular complexity index is 191. The van der Waals surface area contributed by atoms with E-state index in [9.17, 15) is 0 Å². The minimum Gasteiger partial charge on any atom is -0.306 e. The molecule has 1 aliphatic heterocycles. The van der Waals surface area contributed by atoms with Crippen LogP contribution >= 0.6 is 0 Å². The number of rotatable bonds is 0. The van der Waals surface area contributed by atoms with E-state index >= 15 is 0 Å². The van der Waals surface area contributed by atoms with E-state index in [1.54, 1.807) is 19.3 Å². The van der Waals surface area contributed by atoms with Crippen molar-refractivity contribution in [3.63, 3.8) is 0 Å². The van der Waals surface area contributed by atoms with Gasteiger partial charge in [-0.05, 0) is 69.5 Å². The Kier molecular flexibility index (Phi) is 1.39. The van der Waals surface area contributed by atoms with E-state index in [1.807, 2.05) is 0 Å². The van der Waals surface area contributed by atoms with Crippen LogP contribution in [0.1, 0.15) is 32.1 Å². The SMILES string of the molecule is CN1CCC2(CCC3C[C@@H]32)CC1. The second-order valence-corrected chi connectivity index (χ2v) is 5.31. The molecule has 2 saturated carbocycles. The van der Waals surface area contributed by atoms with Crippen molar-refractivity contribution < 1.29 is 0 Å². The van der Waals surface area contributed by atoms with Gasteiger partial charge in [0.25, 0.3) is 0 Å². The molecule has 0 aromatic rings. The molecule has 3 fully saturated rings. The average Bonchev–Trinajstić information content (AvgIpc) is 2.80. The Balaban J connectivity index is 1.75. The molecule has 1 unspecified atom stereocenters. The Morgan fingerprint density at radius 3 is 2.42 bits per heavy atom. The quantitative estimate of drug-likeness (QED) is 0.531. The summed E-state index contributed by atoms with van der Waals surface area (Å²) in [6, 6.07) is 0. The predicted octanol–water partition coefficient (Wildman–Crippen LogP) is 2.13. The first-order chi connectivity index (χ1) is 5.80. The van der Waals surface area contributed by atoms with Crippen molar-refractivity contribution in [2.75, 3.05) is 20.1 Å². The molecule has 1 saturated heterocycles. The second-order valence-electron chi connectivity index (χ2n) is 5.31. The van der Waals surface area contributed by atoms with Gasteiger partial charge < -0.3 is 4.90 Å². The molecule has 2 aliphatic carbocycles. The average molecular weight is 165 g/mol. The van der Waals surface area contributed by atoms with Gasteiger partial charge in [-0.15, -0.1) is 0 Å². The van der Waals surface area contributed by atoms with Gasteiger partial charge in [0.2, 0.25) is 0 Å². The first kappa shape index (κ1) is 7.37. The van der Waals surface area contributed by atoms with Crippen molar-refractivity contribution in [1.82, 2.24) is 4.90 Å². The molecular weight excluding hydrogens is 146 g/mol. The fraction of sp³-hybridized carbons (Fsp3) is 1.00. The molecule has 3 aliphatic rings. The summed E-state index contributed by atoms with van der Waals surface area (Å²) in [5, 5.41) is 0. The lowest BCUT2D eigenvalue weighted by Crippen LogP contribution is -2.38. The maximum Gasteiger partial charge on any atom is -0.00164 e.